The van der Waals surface area contributed by atoms with E-state index < -0.39 is 5.60 Å². The average Bonchev–Trinajstić information content (AvgIpc) is 3.11. The Kier molecular flexibility index (Phi) is 4.91. The zero-order chi connectivity index (χ0) is 19.0. The van der Waals surface area contributed by atoms with Gasteiger partial charge in [0, 0.05) is 37.7 Å². The minimum absolute atomic E-state index is 0.191. The Hall–Kier alpha value is -1.98. The molecule has 0 radical (unpaired) electrons. The van der Waals surface area contributed by atoms with Gasteiger partial charge >= 0.3 is 0 Å². The lowest BCUT2D eigenvalue weighted by molar-refractivity contribution is 0.0345. The van der Waals surface area contributed by atoms with Gasteiger partial charge in [0.15, 0.2) is 0 Å². The molecule has 4 nitrogen and oxygen atoms in total. The van der Waals surface area contributed by atoms with Gasteiger partial charge in [-0.1, -0.05) is 25.1 Å². The maximum absolute atomic E-state index is 14.0. The molecule has 1 aliphatic carbocycles. The number of nitrogens with zero attached hydrogens (tertiary/aromatic N) is 2. The van der Waals surface area contributed by atoms with E-state index in [1.165, 1.54) is 12.3 Å². The second-order valence-electron chi connectivity index (χ2n) is 8.48. The van der Waals surface area contributed by atoms with E-state index in [4.69, 9.17) is 0 Å². The second kappa shape index (κ2) is 7.21. The summed E-state index contributed by atoms with van der Waals surface area (Å²) < 4.78 is 14.0. The number of aromatic nitrogens is 1. The van der Waals surface area contributed by atoms with E-state index in [2.05, 4.69) is 16.8 Å². The molecule has 4 atom stereocenters. The van der Waals surface area contributed by atoms with Crippen LogP contribution in [0.2, 0.25) is 0 Å². The number of rotatable bonds is 5. The van der Waals surface area contributed by atoms with E-state index in [9.17, 15) is 14.6 Å². The van der Waals surface area contributed by atoms with Crippen LogP contribution in [-0.4, -0.2) is 45.3 Å². The van der Waals surface area contributed by atoms with Crippen molar-refractivity contribution in [3.63, 3.8) is 0 Å². The monoisotopic (exact) mass is 370 g/mol. The van der Waals surface area contributed by atoms with E-state index in [1.807, 2.05) is 12.1 Å². The summed E-state index contributed by atoms with van der Waals surface area (Å²) >= 11 is 0. The van der Waals surface area contributed by atoms with Crippen molar-refractivity contribution in [2.45, 2.75) is 37.7 Å². The van der Waals surface area contributed by atoms with Crippen LogP contribution in [0.1, 0.15) is 36.9 Å². The molecule has 2 aliphatic rings. The number of benzene rings is 1. The van der Waals surface area contributed by atoms with Gasteiger partial charge in [0.25, 0.3) is 0 Å². The van der Waals surface area contributed by atoms with Crippen LogP contribution in [0.3, 0.4) is 0 Å². The predicted octanol–water partition coefficient (Wildman–Crippen LogP) is 3.35. The molecule has 4 rings (SSSR count). The number of hydrogen-bond acceptors (Lipinski definition) is 4. The summed E-state index contributed by atoms with van der Waals surface area (Å²) in [5.74, 6) is 1.21. The highest BCUT2D eigenvalue weighted by atomic mass is 19.1. The molecule has 1 saturated heterocycles. The number of halogens is 1. The molecule has 2 N–H and O–H groups in total. The van der Waals surface area contributed by atoms with Crippen molar-refractivity contribution in [1.82, 2.24) is 9.88 Å². The van der Waals surface area contributed by atoms with Crippen LogP contribution in [0.4, 0.5) is 4.39 Å². The van der Waals surface area contributed by atoms with Crippen LogP contribution < -0.4 is 0 Å². The molecule has 0 bridgehead atoms. The first-order valence-electron chi connectivity index (χ1n) is 9.75. The van der Waals surface area contributed by atoms with E-state index in [1.54, 1.807) is 18.2 Å². The fraction of sp³-hybridized carbons (Fsp3) is 0.500. The molecule has 2 fully saturated rings. The molecule has 27 heavy (non-hydrogen) atoms. The summed E-state index contributed by atoms with van der Waals surface area (Å²) in [5, 5.41) is 20.4. The molecule has 1 aliphatic heterocycles. The van der Waals surface area contributed by atoms with Crippen molar-refractivity contribution in [3.8, 4) is 5.75 Å². The quantitative estimate of drug-likeness (QED) is 0.848. The molecule has 1 aromatic heterocycles. The highest BCUT2D eigenvalue weighted by Gasteiger charge is 2.48. The van der Waals surface area contributed by atoms with Crippen LogP contribution >= 0.6 is 0 Å². The SMILES string of the molecule is CC(CN1C[C@@H]2C[C@@](O)(Cc3ccccc3F)C[C@@H]2C1)c1ccc(O)cn1. The second-order valence-corrected chi connectivity index (χ2v) is 8.48. The Labute approximate surface area is 159 Å². The van der Waals surface area contributed by atoms with Gasteiger partial charge in [0.2, 0.25) is 0 Å². The van der Waals surface area contributed by atoms with Crippen LogP contribution in [0, 0.1) is 17.7 Å². The Morgan fingerprint density at radius 2 is 1.89 bits per heavy atom. The molecule has 0 amide bonds. The topological polar surface area (TPSA) is 56.6 Å². The number of aromatic hydroxyl groups is 1. The van der Waals surface area contributed by atoms with Gasteiger partial charge < -0.3 is 15.1 Å². The third kappa shape index (κ3) is 3.99. The summed E-state index contributed by atoms with van der Waals surface area (Å²) in [6.07, 6.45) is 3.39. The maximum atomic E-state index is 14.0. The van der Waals surface area contributed by atoms with E-state index >= 15 is 0 Å². The molecular formula is C22H27FN2O2. The third-order valence-electron chi connectivity index (χ3n) is 6.22. The normalized spacial score (nSPS) is 29.0. The summed E-state index contributed by atoms with van der Waals surface area (Å²) in [5.41, 5.74) is 0.818. The maximum Gasteiger partial charge on any atom is 0.133 e. The van der Waals surface area contributed by atoms with Crippen LogP contribution in [0.25, 0.3) is 0 Å². The first kappa shape index (κ1) is 18.4. The minimum Gasteiger partial charge on any atom is -0.506 e. The highest BCUT2D eigenvalue weighted by Crippen LogP contribution is 2.45. The number of aliphatic hydroxyl groups is 1. The predicted molar refractivity (Wildman–Crippen MR) is 102 cm³/mol. The molecule has 0 spiro atoms. The lowest BCUT2D eigenvalue weighted by atomic mass is 9.91. The van der Waals surface area contributed by atoms with E-state index in [0.717, 1.165) is 38.2 Å². The lowest BCUT2D eigenvalue weighted by Gasteiger charge is -2.27. The van der Waals surface area contributed by atoms with Crippen molar-refractivity contribution >= 4 is 0 Å². The lowest BCUT2D eigenvalue weighted by Crippen LogP contribution is -2.33. The van der Waals surface area contributed by atoms with Crippen LogP contribution in [-0.2, 0) is 6.42 Å². The minimum atomic E-state index is -0.784. The number of hydrogen-bond donors (Lipinski definition) is 2. The van der Waals surface area contributed by atoms with Crippen molar-refractivity contribution < 1.29 is 14.6 Å². The molecule has 1 saturated carbocycles. The van der Waals surface area contributed by atoms with Gasteiger partial charge in [0.05, 0.1) is 11.8 Å². The van der Waals surface area contributed by atoms with Crippen molar-refractivity contribution in [1.29, 1.82) is 0 Å². The summed E-state index contributed by atoms with van der Waals surface area (Å²) in [4.78, 5) is 6.77. The van der Waals surface area contributed by atoms with Gasteiger partial charge in [-0.25, -0.2) is 4.39 Å². The largest absolute Gasteiger partial charge is 0.506 e. The van der Waals surface area contributed by atoms with Crippen molar-refractivity contribution in [2.24, 2.45) is 11.8 Å². The van der Waals surface area contributed by atoms with E-state index in [-0.39, 0.29) is 11.6 Å². The number of pyridine rings is 1. The first-order valence-corrected chi connectivity index (χ1v) is 9.75. The summed E-state index contributed by atoms with van der Waals surface area (Å²) in [6.45, 7) is 5.04. The van der Waals surface area contributed by atoms with Gasteiger partial charge in [-0.05, 0) is 48.4 Å². The van der Waals surface area contributed by atoms with Crippen molar-refractivity contribution in [2.75, 3.05) is 19.6 Å². The number of likely N-dealkylation sites (tertiary alicyclic amines) is 1. The Balaban J connectivity index is 1.34. The molecule has 1 aromatic carbocycles. The first-order chi connectivity index (χ1) is 12.9. The van der Waals surface area contributed by atoms with Crippen LogP contribution in [0.15, 0.2) is 42.6 Å². The zero-order valence-electron chi connectivity index (χ0n) is 15.7. The summed E-state index contributed by atoms with van der Waals surface area (Å²) in [7, 11) is 0. The Morgan fingerprint density at radius 1 is 1.19 bits per heavy atom. The molecule has 144 valence electrons. The molecule has 2 aromatic rings. The molecule has 5 heteroatoms. The highest BCUT2D eigenvalue weighted by molar-refractivity contribution is 5.21. The van der Waals surface area contributed by atoms with Crippen LogP contribution in [0.5, 0.6) is 5.75 Å². The Bertz CT molecular complexity index is 781. The summed E-state index contributed by atoms with van der Waals surface area (Å²) in [6, 6.07) is 10.3. The van der Waals surface area contributed by atoms with Gasteiger partial charge in [0.1, 0.15) is 11.6 Å². The smallest absolute Gasteiger partial charge is 0.133 e. The Morgan fingerprint density at radius 3 is 2.52 bits per heavy atom. The van der Waals surface area contributed by atoms with Gasteiger partial charge in [-0.2, -0.15) is 0 Å². The molecular weight excluding hydrogens is 343 g/mol. The van der Waals surface area contributed by atoms with Gasteiger partial charge in [-0.15, -0.1) is 0 Å². The number of fused-ring (bicyclic) bond motifs is 1. The fourth-order valence-corrected chi connectivity index (χ4v) is 5.02. The van der Waals surface area contributed by atoms with Gasteiger partial charge in [-0.3, -0.25) is 4.98 Å². The molecule has 2 heterocycles. The van der Waals surface area contributed by atoms with E-state index in [0.29, 0.717) is 29.7 Å². The van der Waals surface area contributed by atoms with Crippen molar-refractivity contribution in [3.05, 3.63) is 59.7 Å². The fourth-order valence-electron chi connectivity index (χ4n) is 5.02. The average molecular weight is 370 g/mol. The zero-order valence-corrected chi connectivity index (χ0v) is 15.7. The molecule has 1 unspecified atom stereocenters. The third-order valence-corrected chi connectivity index (χ3v) is 6.22. The standard InChI is InChI=1S/C22H27FN2O2/c1-15(21-7-6-19(26)11-24-21)12-25-13-17-9-22(27,10-18(17)14-25)8-16-4-2-3-5-20(16)23/h2-7,11,15,17-18,26-27H,8-10,12-14H2,1H3/t15?,17-,18+,22-.